The molecule has 0 radical (unpaired) electrons. The van der Waals surface area contributed by atoms with Crippen molar-refractivity contribution in [3.63, 3.8) is 0 Å². The lowest BCUT2D eigenvalue weighted by molar-refractivity contribution is -0.125. The highest BCUT2D eigenvalue weighted by Gasteiger charge is 2.34. The Morgan fingerprint density at radius 2 is 1.78 bits per heavy atom. The highest BCUT2D eigenvalue weighted by molar-refractivity contribution is 7.80. The van der Waals surface area contributed by atoms with Gasteiger partial charge in [0.15, 0.2) is 16.6 Å². The van der Waals surface area contributed by atoms with Crippen LogP contribution in [0.4, 0.5) is 10.1 Å². The van der Waals surface area contributed by atoms with E-state index in [1.165, 1.54) is 12.1 Å². The first-order valence-corrected chi connectivity index (χ1v) is 12.6. The van der Waals surface area contributed by atoms with Gasteiger partial charge in [-0.05, 0) is 86.8 Å². The van der Waals surface area contributed by atoms with E-state index in [4.69, 9.17) is 21.7 Å². The van der Waals surface area contributed by atoms with Gasteiger partial charge in [-0.1, -0.05) is 6.92 Å². The van der Waals surface area contributed by atoms with Gasteiger partial charge < -0.3 is 30.3 Å². The highest BCUT2D eigenvalue weighted by Crippen LogP contribution is 2.32. The Kier molecular flexibility index (Phi) is 8.25. The molecule has 1 saturated heterocycles. The Balaban J connectivity index is 1.40. The van der Waals surface area contributed by atoms with Crippen molar-refractivity contribution in [3.8, 4) is 11.5 Å². The Hall–Kier alpha value is -3.40. The number of halogens is 1. The van der Waals surface area contributed by atoms with Crippen LogP contribution in [0.3, 0.4) is 0 Å². The number of ether oxygens (including phenoxy) is 2. The number of carbonyl (C=O) groups excluding carboxylic acids is 2. The quantitative estimate of drug-likeness (QED) is 0.486. The molecule has 0 unspecified atom stereocenters. The number of benzene rings is 2. The number of nitrogens with zero attached hydrogens (tertiary/aromatic N) is 1. The molecule has 8 nitrogen and oxygen atoms in total. The van der Waals surface area contributed by atoms with E-state index in [-0.39, 0.29) is 36.4 Å². The maximum Gasteiger partial charge on any atom is 0.252 e. The van der Waals surface area contributed by atoms with Crippen molar-refractivity contribution in [3.05, 3.63) is 53.8 Å². The zero-order valence-corrected chi connectivity index (χ0v) is 21.2. The first-order chi connectivity index (χ1) is 17.3. The number of piperidine rings is 1. The number of fused-ring (bicyclic) bond motifs is 1. The molecule has 2 aromatic carbocycles. The van der Waals surface area contributed by atoms with Crippen molar-refractivity contribution in [1.82, 2.24) is 15.5 Å². The second kappa shape index (κ2) is 11.6. The third-order valence-corrected chi connectivity index (χ3v) is 6.96. The second-order valence-electron chi connectivity index (χ2n) is 9.10. The Morgan fingerprint density at radius 3 is 2.47 bits per heavy atom. The summed E-state index contributed by atoms with van der Waals surface area (Å²) in [6, 6.07) is 10.3. The van der Waals surface area contributed by atoms with Crippen LogP contribution in [-0.2, 0) is 4.79 Å². The Bertz CT molecular complexity index is 1110. The molecule has 2 aromatic rings. The first-order valence-electron chi connectivity index (χ1n) is 12.2. The van der Waals surface area contributed by atoms with E-state index >= 15 is 0 Å². The van der Waals surface area contributed by atoms with Crippen molar-refractivity contribution >= 4 is 34.8 Å². The third-order valence-electron chi connectivity index (χ3n) is 6.60. The van der Waals surface area contributed by atoms with E-state index in [1.54, 1.807) is 30.3 Å². The number of rotatable bonds is 7. The number of carbonyl (C=O) groups is 2. The molecule has 4 rings (SSSR count). The van der Waals surface area contributed by atoms with Gasteiger partial charge in [0.05, 0.1) is 0 Å². The lowest BCUT2D eigenvalue weighted by Crippen LogP contribution is -2.55. The van der Waals surface area contributed by atoms with Crippen LogP contribution in [-0.4, -0.2) is 53.8 Å². The summed E-state index contributed by atoms with van der Waals surface area (Å²) in [5.74, 6) is 0.208. The van der Waals surface area contributed by atoms with Crippen LogP contribution >= 0.6 is 12.2 Å². The second-order valence-corrected chi connectivity index (χ2v) is 9.49. The lowest BCUT2D eigenvalue weighted by atomic mass is 9.88. The van der Waals surface area contributed by atoms with Crippen molar-refractivity contribution in [2.75, 3.05) is 25.2 Å². The summed E-state index contributed by atoms with van der Waals surface area (Å²) < 4.78 is 23.9. The average Bonchev–Trinajstić information content (AvgIpc) is 3.36. The van der Waals surface area contributed by atoms with E-state index in [2.05, 4.69) is 16.0 Å². The fourth-order valence-electron chi connectivity index (χ4n) is 4.27. The maximum atomic E-state index is 13.2. The molecule has 2 atom stereocenters. The number of thiocarbonyl (C=S) groups is 1. The summed E-state index contributed by atoms with van der Waals surface area (Å²) in [5.41, 5.74) is 1.12. The summed E-state index contributed by atoms with van der Waals surface area (Å²) in [6.45, 7) is 5.32. The molecule has 192 valence electrons. The van der Waals surface area contributed by atoms with Crippen molar-refractivity contribution in [1.29, 1.82) is 0 Å². The highest BCUT2D eigenvalue weighted by atomic mass is 32.1. The smallest absolute Gasteiger partial charge is 0.252 e. The number of likely N-dealkylation sites (tertiary alicyclic amines) is 1. The largest absolute Gasteiger partial charge is 0.454 e. The van der Waals surface area contributed by atoms with E-state index in [0.717, 1.165) is 6.42 Å². The Morgan fingerprint density at radius 1 is 1.08 bits per heavy atom. The molecule has 1 fully saturated rings. The van der Waals surface area contributed by atoms with Crippen LogP contribution < -0.4 is 25.4 Å². The molecule has 0 spiro atoms. The van der Waals surface area contributed by atoms with Gasteiger partial charge in [-0.3, -0.25) is 9.59 Å². The zero-order chi connectivity index (χ0) is 25.7. The summed E-state index contributed by atoms with van der Waals surface area (Å²) >= 11 is 5.54. The molecule has 0 saturated carbocycles. The maximum absolute atomic E-state index is 13.2. The summed E-state index contributed by atoms with van der Waals surface area (Å²) in [4.78, 5) is 28.3. The van der Waals surface area contributed by atoms with Crippen molar-refractivity contribution < 1.29 is 23.5 Å². The summed E-state index contributed by atoms with van der Waals surface area (Å²) in [5, 5.41) is 9.66. The molecule has 0 bridgehead atoms. The minimum absolute atomic E-state index is 0.00461. The average molecular weight is 515 g/mol. The molecule has 36 heavy (non-hydrogen) atoms. The van der Waals surface area contributed by atoms with Gasteiger partial charge in [-0.25, -0.2) is 4.39 Å². The minimum Gasteiger partial charge on any atom is -0.454 e. The first kappa shape index (κ1) is 25.7. The fourth-order valence-corrected chi connectivity index (χ4v) is 4.57. The standard InChI is InChI=1S/C26H31FN4O4S/c1-3-16(2)28-25(33)23(30-24(32)18-4-9-21-22(14-18)35-15-34-21)17-10-12-31(13-11-17)26(36)29-20-7-5-19(27)6-8-20/h4-9,14,16-17,23H,3,10-13,15H2,1-2H3,(H,28,33)(H,29,36)(H,30,32)/t16-,23-/m1/s1. The zero-order valence-electron chi connectivity index (χ0n) is 20.4. The van der Waals surface area contributed by atoms with Gasteiger partial charge in [0.1, 0.15) is 11.9 Å². The molecule has 2 aliphatic rings. The van der Waals surface area contributed by atoms with E-state index < -0.39 is 6.04 Å². The predicted molar refractivity (Wildman–Crippen MR) is 139 cm³/mol. The molecule has 10 heteroatoms. The number of amides is 2. The molecule has 2 amide bonds. The topological polar surface area (TPSA) is 91.9 Å². The summed E-state index contributed by atoms with van der Waals surface area (Å²) in [6.07, 6.45) is 2.13. The number of anilines is 1. The van der Waals surface area contributed by atoms with Crippen molar-refractivity contribution in [2.24, 2.45) is 5.92 Å². The predicted octanol–water partition coefficient (Wildman–Crippen LogP) is 3.68. The number of hydrogen-bond acceptors (Lipinski definition) is 5. The number of nitrogens with one attached hydrogen (secondary N) is 3. The van der Waals surface area contributed by atoms with Crippen LogP contribution in [0.5, 0.6) is 11.5 Å². The SMILES string of the molecule is CC[C@@H](C)NC(=O)[C@H](NC(=O)c1ccc2c(c1)OCO2)C1CCN(C(=S)Nc2ccc(F)cc2)CC1. The van der Waals surface area contributed by atoms with E-state index in [9.17, 15) is 14.0 Å². The molecule has 2 heterocycles. The molecular weight excluding hydrogens is 483 g/mol. The van der Waals surface area contributed by atoms with Crippen LogP contribution in [0.2, 0.25) is 0 Å². The molecule has 2 aliphatic heterocycles. The van der Waals surface area contributed by atoms with E-state index in [0.29, 0.717) is 53.8 Å². The molecule has 0 aliphatic carbocycles. The van der Waals surface area contributed by atoms with E-state index in [1.807, 2.05) is 18.7 Å². The van der Waals surface area contributed by atoms with Crippen LogP contribution in [0.25, 0.3) is 0 Å². The summed E-state index contributed by atoms with van der Waals surface area (Å²) in [7, 11) is 0. The third kappa shape index (κ3) is 6.23. The van der Waals surface area contributed by atoms with Gasteiger partial charge in [-0.2, -0.15) is 0 Å². The van der Waals surface area contributed by atoms with Gasteiger partial charge in [-0.15, -0.1) is 0 Å². The lowest BCUT2D eigenvalue weighted by Gasteiger charge is -2.37. The number of hydrogen-bond donors (Lipinski definition) is 3. The molecule has 3 N–H and O–H groups in total. The minimum atomic E-state index is -0.683. The van der Waals surface area contributed by atoms with Gasteiger partial charge in [0, 0.05) is 30.4 Å². The van der Waals surface area contributed by atoms with Crippen LogP contribution in [0.15, 0.2) is 42.5 Å². The molecule has 0 aromatic heterocycles. The van der Waals surface area contributed by atoms with Gasteiger partial charge in [0.2, 0.25) is 12.7 Å². The normalized spacial score (nSPS) is 16.7. The fraction of sp³-hybridized carbons (Fsp3) is 0.423. The Labute approximate surface area is 215 Å². The monoisotopic (exact) mass is 514 g/mol. The van der Waals surface area contributed by atoms with Crippen molar-refractivity contribution in [2.45, 2.75) is 45.2 Å². The van der Waals surface area contributed by atoms with Gasteiger partial charge in [0.25, 0.3) is 5.91 Å². The van der Waals surface area contributed by atoms with Gasteiger partial charge >= 0.3 is 0 Å². The van der Waals surface area contributed by atoms with Crippen LogP contribution in [0.1, 0.15) is 43.5 Å². The molecular formula is C26H31FN4O4S. The van der Waals surface area contributed by atoms with Crippen LogP contribution in [0, 0.1) is 11.7 Å².